The predicted molar refractivity (Wildman–Crippen MR) is 146 cm³/mol. The number of halogens is 6. The maximum absolute atomic E-state index is 14.1. The molecule has 1 fully saturated rings. The van der Waals surface area contributed by atoms with E-state index in [4.69, 9.17) is 27.6 Å². The van der Waals surface area contributed by atoms with E-state index in [1.165, 1.54) is 12.5 Å². The molecule has 1 amide bonds. The van der Waals surface area contributed by atoms with Gasteiger partial charge in [-0.2, -0.15) is 13.2 Å². The lowest BCUT2D eigenvalue weighted by Crippen LogP contribution is -2.31. The zero-order valence-electron chi connectivity index (χ0n) is 21.7. The van der Waals surface area contributed by atoms with E-state index in [1.807, 2.05) is 18.0 Å². The zero-order chi connectivity index (χ0) is 29.3. The predicted octanol–water partition coefficient (Wildman–Crippen LogP) is 7.19. The molecule has 4 aromatic rings. The monoisotopic (exact) mass is 606 g/mol. The van der Waals surface area contributed by atoms with Crippen molar-refractivity contribution in [3.05, 3.63) is 105 Å². The van der Waals surface area contributed by atoms with Gasteiger partial charge >= 0.3 is 6.18 Å². The number of amides is 1. The minimum atomic E-state index is -4.76. The average molecular weight is 607 g/mol. The second-order valence-electron chi connectivity index (χ2n) is 10.1. The molecule has 0 N–H and O–H groups in total. The van der Waals surface area contributed by atoms with Crippen LogP contribution in [0.2, 0.25) is 10.0 Å². The van der Waals surface area contributed by atoms with E-state index >= 15 is 0 Å². The lowest BCUT2D eigenvalue weighted by atomic mass is 9.88. The van der Waals surface area contributed by atoms with Gasteiger partial charge in [-0.15, -0.1) is 10.2 Å². The van der Waals surface area contributed by atoms with Gasteiger partial charge < -0.3 is 14.2 Å². The molecule has 0 aliphatic carbocycles. The van der Waals surface area contributed by atoms with Gasteiger partial charge in [0.1, 0.15) is 5.82 Å². The molecule has 214 valence electrons. The van der Waals surface area contributed by atoms with E-state index in [0.29, 0.717) is 52.3 Å². The third-order valence-electron chi connectivity index (χ3n) is 7.18. The summed E-state index contributed by atoms with van der Waals surface area (Å²) < 4.78 is 58.3. The highest BCUT2D eigenvalue weighted by atomic mass is 35.5. The van der Waals surface area contributed by atoms with Crippen LogP contribution in [0.3, 0.4) is 0 Å². The van der Waals surface area contributed by atoms with Crippen molar-refractivity contribution in [1.29, 1.82) is 0 Å². The van der Waals surface area contributed by atoms with Crippen LogP contribution in [-0.2, 0) is 12.7 Å². The normalized spacial score (nSPS) is 17.4. The summed E-state index contributed by atoms with van der Waals surface area (Å²) in [5.74, 6) is -1.24. The molecule has 2 heterocycles. The van der Waals surface area contributed by atoms with Gasteiger partial charge in [0.15, 0.2) is 0 Å². The minimum absolute atomic E-state index is 0.0434. The number of nitrogens with zero attached hydrogens (tertiary/aromatic N) is 4. The van der Waals surface area contributed by atoms with Crippen molar-refractivity contribution < 1.29 is 26.8 Å². The molecule has 3 aromatic carbocycles. The Labute approximate surface area is 243 Å². The maximum atomic E-state index is 14.1. The standard InChI is InChI=1S/C29H24Cl2F4N4O2/c1-38(12-17-2-8-23(26(32)10-17)29(33,34)35)13-21-14-39(15-22(21)20-7-9-24(30)25(31)11-20)28(40)19-5-3-18(4-6-19)27-37-36-16-41-27/h2-11,16,21-22H,12-15H2,1H3/t21?,22-/m1/s1. The van der Waals surface area contributed by atoms with Gasteiger partial charge in [-0.1, -0.05) is 35.3 Å². The molecule has 0 bridgehead atoms. The number of hydrogen-bond donors (Lipinski definition) is 0. The molecule has 0 radical (unpaired) electrons. The van der Waals surface area contributed by atoms with Crippen LogP contribution >= 0.6 is 23.2 Å². The van der Waals surface area contributed by atoms with Crippen LogP contribution in [0.4, 0.5) is 17.6 Å². The van der Waals surface area contributed by atoms with Gasteiger partial charge in [-0.05, 0) is 72.6 Å². The molecule has 2 atom stereocenters. The highest BCUT2D eigenvalue weighted by Gasteiger charge is 2.38. The van der Waals surface area contributed by atoms with Crippen LogP contribution < -0.4 is 0 Å². The van der Waals surface area contributed by atoms with Gasteiger partial charge in [-0.25, -0.2) is 4.39 Å². The molecule has 0 saturated carbocycles. The quantitative estimate of drug-likeness (QED) is 0.208. The third-order valence-corrected chi connectivity index (χ3v) is 7.92. The first-order chi connectivity index (χ1) is 19.5. The van der Waals surface area contributed by atoms with Crippen LogP contribution in [0.15, 0.2) is 71.5 Å². The second-order valence-corrected chi connectivity index (χ2v) is 10.9. The van der Waals surface area contributed by atoms with Crippen molar-refractivity contribution in [1.82, 2.24) is 20.0 Å². The fourth-order valence-corrected chi connectivity index (χ4v) is 5.55. The molecule has 0 spiro atoms. The number of aromatic nitrogens is 2. The minimum Gasteiger partial charge on any atom is -0.423 e. The van der Waals surface area contributed by atoms with Crippen LogP contribution in [0.25, 0.3) is 11.5 Å². The van der Waals surface area contributed by atoms with Gasteiger partial charge in [-0.3, -0.25) is 4.79 Å². The molecule has 6 nitrogen and oxygen atoms in total. The highest BCUT2D eigenvalue weighted by Crippen LogP contribution is 2.37. The van der Waals surface area contributed by atoms with E-state index in [2.05, 4.69) is 10.2 Å². The number of hydrogen-bond acceptors (Lipinski definition) is 5. The Morgan fingerprint density at radius 3 is 2.44 bits per heavy atom. The molecule has 41 heavy (non-hydrogen) atoms. The number of rotatable bonds is 7. The van der Waals surface area contributed by atoms with E-state index < -0.39 is 17.6 Å². The lowest BCUT2D eigenvalue weighted by Gasteiger charge is -2.25. The summed E-state index contributed by atoms with van der Waals surface area (Å²) >= 11 is 12.4. The Hall–Kier alpha value is -3.47. The van der Waals surface area contributed by atoms with Crippen LogP contribution in [0.1, 0.15) is 33.0 Å². The zero-order valence-corrected chi connectivity index (χ0v) is 23.2. The Morgan fingerprint density at radius 2 is 1.80 bits per heavy atom. The molecule has 1 aliphatic rings. The summed E-state index contributed by atoms with van der Waals surface area (Å²) in [4.78, 5) is 17.2. The molecule has 1 aliphatic heterocycles. The summed E-state index contributed by atoms with van der Waals surface area (Å²) in [7, 11) is 1.81. The molecule has 5 rings (SSSR count). The number of carbonyl (C=O) groups is 1. The van der Waals surface area contributed by atoms with Crippen molar-refractivity contribution in [2.75, 3.05) is 26.7 Å². The van der Waals surface area contributed by atoms with Gasteiger partial charge in [0.25, 0.3) is 5.91 Å². The largest absolute Gasteiger partial charge is 0.423 e. The fourth-order valence-electron chi connectivity index (χ4n) is 5.24. The molecule has 1 aromatic heterocycles. The van der Waals surface area contributed by atoms with E-state index in [9.17, 15) is 22.4 Å². The van der Waals surface area contributed by atoms with E-state index in [0.717, 1.165) is 17.7 Å². The molecular formula is C29H24Cl2F4N4O2. The van der Waals surface area contributed by atoms with Gasteiger partial charge in [0, 0.05) is 43.2 Å². The van der Waals surface area contributed by atoms with Crippen molar-refractivity contribution in [3.8, 4) is 11.5 Å². The number of benzene rings is 3. The number of likely N-dealkylation sites (tertiary alicyclic amines) is 1. The van der Waals surface area contributed by atoms with Crippen molar-refractivity contribution in [2.45, 2.75) is 18.6 Å². The Kier molecular flexibility index (Phi) is 8.35. The van der Waals surface area contributed by atoms with Gasteiger partial charge in [0.05, 0.1) is 15.6 Å². The van der Waals surface area contributed by atoms with E-state index in [1.54, 1.807) is 41.3 Å². The summed E-state index contributed by atoms with van der Waals surface area (Å²) in [6.45, 7) is 1.58. The molecule has 12 heteroatoms. The summed E-state index contributed by atoms with van der Waals surface area (Å²) in [5.41, 5.74) is 1.22. The van der Waals surface area contributed by atoms with Crippen LogP contribution in [-0.4, -0.2) is 52.6 Å². The summed E-state index contributed by atoms with van der Waals surface area (Å²) in [6.07, 6.45) is -3.53. The van der Waals surface area contributed by atoms with Crippen LogP contribution in [0.5, 0.6) is 0 Å². The van der Waals surface area contributed by atoms with Crippen LogP contribution in [0, 0.1) is 11.7 Å². The van der Waals surface area contributed by atoms with Gasteiger partial charge in [0.2, 0.25) is 12.3 Å². The maximum Gasteiger partial charge on any atom is 0.419 e. The smallest absolute Gasteiger partial charge is 0.419 e. The first-order valence-corrected chi connectivity index (χ1v) is 13.4. The van der Waals surface area contributed by atoms with Crippen molar-refractivity contribution in [3.63, 3.8) is 0 Å². The molecule has 1 unspecified atom stereocenters. The molecular weight excluding hydrogens is 583 g/mol. The Balaban J connectivity index is 1.34. The van der Waals surface area contributed by atoms with Crippen molar-refractivity contribution in [2.24, 2.45) is 5.92 Å². The fraction of sp³-hybridized carbons (Fsp3) is 0.276. The summed E-state index contributed by atoms with van der Waals surface area (Å²) in [6, 6.07) is 15.2. The second kappa shape index (κ2) is 11.8. The lowest BCUT2D eigenvalue weighted by molar-refractivity contribution is -0.140. The number of alkyl halides is 3. The first-order valence-electron chi connectivity index (χ1n) is 12.6. The number of carbonyl (C=O) groups excluding carboxylic acids is 1. The Morgan fingerprint density at radius 1 is 1.05 bits per heavy atom. The topological polar surface area (TPSA) is 62.5 Å². The summed E-state index contributed by atoms with van der Waals surface area (Å²) in [5, 5.41) is 8.36. The van der Waals surface area contributed by atoms with Crippen molar-refractivity contribution >= 4 is 29.1 Å². The third kappa shape index (κ3) is 6.55. The highest BCUT2D eigenvalue weighted by molar-refractivity contribution is 6.42. The SMILES string of the molecule is CN(Cc1ccc(C(F)(F)F)c(F)c1)CC1CN(C(=O)c2ccc(-c3nnco3)cc2)C[C@@H]1c1ccc(Cl)c(Cl)c1. The van der Waals surface area contributed by atoms with E-state index in [-0.39, 0.29) is 24.3 Å². The Bertz CT molecular complexity index is 1530. The molecule has 1 saturated heterocycles. The average Bonchev–Trinajstić information content (AvgIpc) is 3.60. The first kappa shape index (κ1) is 29.0.